The topological polar surface area (TPSA) is 448 Å². The Labute approximate surface area is 743 Å². The maximum Gasteiger partial charge on any atom is 0.331 e. The van der Waals surface area contributed by atoms with E-state index in [0.29, 0.717) is 54.9 Å². The molecule has 0 radical (unpaired) electrons. The van der Waals surface area contributed by atoms with Crippen LogP contribution < -0.4 is 36.6 Å². The van der Waals surface area contributed by atoms with Gasteiger partial charge in [0.25, 0.3) is 5.91 Å². The van der Waals surface area contributed by atoms with Gasteiger partial charge in [-0.05, 0) is 180 Å². The Morgan fingerprint density at radius 2 is 1.08 bits per heavy atom. The van der Waals surface area contributed by atoms with Gasteiger partial charge < -0.3 is 99.6 Å². The van der Waals surface area contributed by atoms with E-state index in [9.17, 15) is 79.2 Å². The summed E-state index contributed by atoms with van der Waals surface area (Å²) >= 11 is 0. The molecule has 688 valence electrons. The highest BCUT2D eigenvalue weighted by Crippen LogP contribution is 2.71. The number of phenolic OH excluding ortho intramolecular Hbond substituents is 1. The number of cyclic esters (lactones) is 1. The SMILES string of the molecule is CCC1(c2ccccc2)C(=O)NC(=O)NC1=O.CCC1(c2ccccc2)C(=O)NCNC1=O.CN1CC[C@]23c4c5ccc(O)c4O[C@H]2[C@@H](O)C=C[C@H]3[C@H]1C5.C[C@H]1O[C@@H](O[C@H]2[C@@H](O)C[C@H](O[C@H]3[C@@H](O)C[C@H](O[C@H]4CC[C@@]5(C)[C@H](CC[C@@H]6[C@@H]5C[C@@H](O)[C@]5(C)[C@@H](C7=CC(=O)OC7)CC[C@]65O)C4)O[C@@H]3C)O[C@@H]2C)C[C@H](O)[C@@H]1O.O=C1NC(=O)C(c2ccccc2)(c2ccccc2)N1. The fraction of sp³-hybridized carbons (Fsp3) is 0.567. The molecule has 0 unspecified atom stereocenters. The second kappa shape index (κ2) is 36.4. The minimum atomic E-state index is -1.31. The van der Waals surface area contributed by atoms with Crippen LogP contribution in [0.5, 0.6) is 11.5 Å². The minimum Gasteiger partial charge on any atom is -0.504 e. The molecule has 1 spiro atoms. The summed E-state index contributed by atoms with van der Waals surface area (Å²) in [6.07, 6.45) is 4.41. The van der Waals surface area contributed by atoms with E-state index in [1.54, 1.807) is 63.2 Å². The number of amides is 9. The first-order valence-corrected chi connectivity index (χ1v) is 45.3. The lowest BCUT2D eigenvalue weighted by molar-refractivity contribution is -0.336. The number of barbiturate groups is 1. The molecule has 31 heteroatoms. The Bertz CT molecular complexity index is 4900. The first-order chi connectivity index (χ1) is 61.2. The van der Waals surface area contributed by atoms with Crippen molar-refractivity contribution in [3.05, 3.63) is 191 Å². The highest BCUT2D eigenvalue weighted by atomic mass is 16.7. The summed E-state index contributed by atoms with van der Waals surface area (Å²) in [5.74, 6) is -0.533. The first-order valence-electron chi connectivity index (χ1n) is 45.3. The van der Waals surface area contributed by atoms with E-state index in [2.05, 4.69) is 56.8 Å². The lowest BCUT2D eigenvalue weighted by Crippen LogP contribution is -2.67. The molecule has 9 amide bonds. The van der Waals surface area contributed by atoms with Crippen LogP contribution in [0.25, 0.3) is 0 Å². The van der Waals surface area contributed by atoms with Crippen LogP contribution in [0.1, 0.15) is 172 Å². The Morgan fingerprint density at radius 3 is 1.60 bits per heavy atom. The van der Waals surface area contributed by atoms with E-state index in [1.165, 1.54) is 11.1 Å². The molecule has 9 aliphatic heterocycles. The van der Waals surface area contributed by atoms with Gasteiger partial charge in [-0.15, -0.1) is 0 Å². The van der Waals surface area contributed by atoms with Gasteiger partial charge in [-0.1, -0.05) is 167 Å². The van der Waals surface area contributed by atoms with Crippen molar-refractivity contribution >= 4 is 47.6 Å². The number of esters is 1. The lowest BCUT2D eigenvalue weighted by Gasteiger charge is -2.65. The number of carbonyl (C=O) groups excluding carboxylic acids is 8. The van der Waals surface area contributed by atoms with Crippen molar-refractivity contribution in [3.8, 4) is 11.5 Å². The van der Waals surface area contributed by atoms with Crippen LogP contribution in [0, 0.1) is 40.4 Å². The molecule has 7 saturated heterocycles. The Balaban J connectivity index is 0.000000134. The van der Waals surface area contributed by atoms with Crippen LogP contribution in [-0.2, 0) is 90.1 Å². The third-order valence-corrected chi connectivity index (χ3v) is 31.5. The number of benzene rings is 5. The molecule has 0 aromatic heterocycles. The van der Waals surface area contributed by atoms with Gasteiger partial charge in [-0.3, -0.25) is 39.9 Å². The van der Waals surface area contributed by atoms with Crippen molar-refractivity contribution in [2.45, 2.75) is 276 Å². The molecule has 31 nitrogen and oxygen atoms in total. The average Bonchev–Trinajstić information content (AvgIpc) is 1.60. The van der Waals surface area contributed by atoms with Crippen molar-refractivity contribution < 1.29 is 117 Å². The van der Waals surface area contributed by atoms with E-state index in [4.69, 9.17) is 37.9 Å². The van der Waals surface area contributed by atoms with Gasteiger partial charge in [0.1, 0.15) is 37.1 Å². The Hall–Kier alpha value is -9.42. The Kier molecular flexibility index (Phi) is 26.1. The number of rotatable bonds is 13. The van der Waals surface area contributed by atoms with Gasteiger partial charge in [0.2, 0.25) is 23.6 Å². The van der Waals surface area contributed by atoms with Crippen molar-refractivity contribution in [1.29, 1.82) is 0 Å². The first kappa shape index (κ1) is 91.9. The number of phenols is 1. The number of likely N-dealkylation sites (N-methyl/N-ethyl adjacent to an activating group) is 1. The number of ether oxygens (including phenoxy) is 8. The molecule has 5 aromatic rings. The van der Waals surface area contributed by atoms with Gasteiger partial charge in [0, 0.05) is 53.7 Å². The number of nitrogens with one attached hydrogen (secondary N) is 6. The minimum absolute atomic E-state index is 0.0452. The fourth-order valence-corrected chi connectivity index (χ4v) is 24.6. The number of nitrogens with zero attached hydrogens (tertiary/aromatic N) is 1. The Morgan fingerprint density at radius 1 is 0.547 bits per heavy atom. The smallest absolute Gasteiger partial charge is 0.331 e. The van der Waals surface area contributed by atoms with Crippen LogP contribution in [-0.4, -0.2) is 230 Å². The number of urea groups is 2. The average molecular weight is 1770 g/mol. The van der Waals surface area contributed by atoms with Crippen molar-refractivity contribution in [1.82, 2.24) is 36.8 Å². The summed E-state index contributed by atoms with van der Waals surface area (Å²) in [6, 6.07) is 39.3. The third kappa shape index (κ3) is 15.9. The van der Waals surface area contributed by atoms with E-state index >= 15 is 0 Å². The normalized spacial score (nSPS) is 38.2. The molecule has 6 aliphatic carbocycles. The predicted molar refractivity (Wildman–Crippen MR) is 460 cm³/mol. The van der Waals surface area contributed by atoms with Crippen LogP contribution >= 0.6 is 0 Å². The van der Waals surface area contributed by atoms with E-state index in [-0.39, 0.29) is 103 Å². The molecule has 14 N–H and O–H groups in total. The standard InChI is InChI=1S/C41H64O14.C17H19NO3.C15H12N2O2.C12H12N2O3.C12H14N2O2/c1-19-36(47)28(42)15-34(50-19)54-38-21(3)52-35(17-30(38)44)55-37-20(2)51-33(16-29(37)43)53-24-8-10-39(4)23(13-24)6-7-26-27(39)14-31(45)40(5)25(9-11-41(26,40)48)22-12-32(46)49-18-22;1-18-7-6-17-10-3-5-13(20)16(17)21-15-12(19)4-2-9(14(15)17)8-11(10)18;18-13-15(17-14(19)16-13,11-7-3-1-4-8-11)12-9-5-2-6-10-12;1-2-12(8-6-4-3-5-7-8)9(15)13-11(17)14-10(12)16;1-2-12(9-6-4-3-5-7-9)10(15)13-8-14-11(12)16/h12,19-21,23-31,33-38,42-45,47-48H,6-11,13-18H2,1-5H3;2-5,10-11,13,16,19-20H,6-8H2,1H3;1-10H,(H2,16,17,18,19);3-7H,2H2,1H3,(H2,13,14,15,16,17);3-7H,2,8H2,1H3,(H,13,15)(H,14,16)/t19-,20-,21-,23-,24+,25-,26-,27+,28+,29+,30+,31-,33+,34+,35+,36-,37-,38-,39+,40+,41+;10-,11+,13-,16-,17-;;;/m10.../s1. The number of fused-ring (bicyclic) bond motifs is 5. The highest BCUT2D eigenvalue weighted by molar-refractivity contribution is 6.23. The maximum absolute atomic E-state index is 12.6. The van der Waals surface area contributed by atoms with Gasteiger partial charge in [0.05, 0.1) is 61.1 Å². The van der Waals surface area contributed by atoms with Gasteiger partial charge in [0.15, 0.2) is 46.7 Å². The molecule has 4 saturated carbocycles. The van der Waals surface area contributed by atoms with E-state index in [0.717, 1.165) is 80.2 Å². The van der Waals surface area contributed by atoms with Crippen molar-refractivity contribution in [2.75, 3.05) is 26.9 Å². The number of likely N-dealkylation sites (tertiary alicyclic amines) is 1. The van der Waals surface area contributed by atoms with E-state index < -0.39 is 137 Å². The van der Waals surface area contributed by atoms with Gasteiger partial charge >= 0.3 is 18.0 Å². The zero-order valence-corrected chi connectivity index (χ0v) is 73.4. The number of hydrogen-bond acceptors (Lipinski definition) is 25. The van der Waals surface area contributed by atoms with Crippen LogP contribution in [0.2, 0.25) is 0 Å². The largest absolute Gasteiger partial charge is 0.504 e. The lowest BCUT2D eigenvalue weighted by atomic mass is 9.42. The molecule has 128 heavy (non-hydrogen) atoms. The number of piperidine rings is 1. The second-order valence-electron chi connectivity index (χ2n) is 37.8. The highest BCUT2D eigenvalue weighted by Gasteiger charge is 2.72. The number of aromatic hydroxyl groups is 1. The van der Waals surface area contributed by atoms with Gasteiger partial charge in [-0.25, -0.2) is 14.4 Å². The molecule has 20 rings (SSSR count). The van der Waals surface area contributed by atoms with E-state index in [1.807, 2.05) is 124 Å². The summed E-state index contributed by atoms with van der Waals surface area (Å²) in [5, 5.41) is 102. The zero-order valence-electron chi connectivity index (χ0n) is 73.4. The van der Waals surface area contributed by atoms with Crippen molar-refractivity contribution in [2.24, 2.45) is 40.4 Å². The number of aliphatic hydroxyl groups is 7. The fourth-order valence-electron chi connectivity index (χ4n) is 24.6. The molecule has 5 aromatic carbocycles. The van der Waals surface area contributed by atoms with Gasteiger partial charge in [-0.2, -0.15) is 0 Å². The summed E-state index contributed by atoms with van der Waals surface area (Å²) < 4.78 is 48.2. The summed E-state index contributed by atoms with van der Waals surface area (Å²) in [6.45, 7) is 14.7. The van der Waals surface area contributed by atoms with Crippen molar-refractivity contribution in [3.63, 3.8) is 0 Å². The number of aliphatic hydroxyl groups excluding tert-OH is 6. The second-order valence-corrected chi connectivity index (χ2v) is 37.8. The summed E-state index contributed by atoms with van der Waals surface area (Å²) in [7, 11) is 2.19. The molecular formula is C97H121N7O24. The monoisotopic (exact) mass is 1770 g/mol. The number of hydrogen-bond donors (Lipinski definition) is 14. The molecule has 26 atom stereocenters. The molecular weight excluding hydrogens is 1650 g/mol. The quantitative estimate of drug-likeness (QED) is 0.0199. The van der Waals surface area contributed by atoms with Crippen LogP contribution in [0.15, 0.2) is 157 Å². The third-order valence-electron chi connectivity index (χ3n) is 31.5. The molecule has 9 heterocycles. The zero-order chi connectivity index (χ0) is 90.9. The maximum atomic E-state index is 12.6. The molecule has 15 aliphatic rings. The predicted octanol–water partition coefficient (Wildman–Crippen LogP) is 6.42. The number of carbonyl (C=O) groups is 8. The molecule has 2 bridgehead atoms. The van der Waals surface area contributed by atoms with Crippen LogP contribution in [0.4, 0.5) is 9.59 Å². The molecule has 11 fully saturated rings. The van der Waals surface area contributed by atoms with Crippen LogP contribution in [0.3, 0.4) is 0 Å². The summed E-state index contributed by atoms with van der Waals surface area (Å²) in [4.78, 5) is 97.2. The summed E-state index contributed by atoms with van der Waals surface area (Å²) in [5.41, 5.74) is 0.690. The number of imide groups is 3.